The second-order valence-electron chi connectivity index (χ2n) is 4.24. The lowest BCUT2D eigenvalue weighted by molar-refractivity contribution is 0.166. The van der Waals surface area contributed by atoms with Crippen LogP contribution in [0.15, 0.2) is 0 Å². The zero-order valence-electron chi connectivity index (χ0n) is 9.60. The summed E-state index contributed by atoms with van der Waals surface area (Å²) in [6.07, 6.45) is 6.86. The monoisotopic (exact) mass is 197 g/mol. The van der Waals surface area contributed by atoms with Gasteiger partial charge in [0, 0.05) is 25.7 Å². The summed E-state index contributed by atoms with van der Waals surface area (Å²) in [7, 11) is 0. The maximum absolute atomic E-state index is 4.00. The van der Waals surface area contributed by atoms with Crippen LogP contribution in [0.5, 0.6) is 0 Å². The van der Waals surface area contributed by atoms with Crippen LogP contribution in [0.2, 0.25) is 0 Å². The molecule has 1 atom stereocenters. The van der Waals surface area contributed by atoms with Gasteiger partial charge in [0.15, 0.2) is 0 Å². The lowest BCUT2D eigenvalue weighted by atomic mass is 10.0. The fourth-order valence-corrected chi connectivity index (χ4v) is 2.19. The van der Waals surface area contributed by atoms with Gasteiger partial charge < -0.3 is 5.32 Å². The summed E-state index contributed by atoms with van der Waals surface area (Å²) in [4.78, 5) is 2.52. The zero-order valence-corrected chi connectivity index (χ0v) is 9.60. The Balaban J connectivity index is 2.13. The van der Waals surface area contributed by atoms with Gasteiger partial charge in [-0.2, -0.15) is 0 Å². The van der Waals surface area contributed by atoms with Crippen LogP contribution in [0.4, 0.5) is 0 Å². The SMILES string of the molecule is [CH2]CN1CCNCC1CCCCCC. The number of hydrogen-bond donors (Lipinski definition) is 1. The predicted octanol–water partition coefficient (Wildman–Crippen LogP) is 2.06. The smallest absolute Gasteiger partial charge is 0.0221 e. The standard InChI is InChI=1S/C12H25N2/c1-3-5-6-7-8-12-11-13-9-10-14(12)4-2/h12-13H,2-11H2,1H3. The Kier molecular flexibility index (Phi) is 6.20. The Bertz CT molecular complexity index is 136. The van der Waals surface area contributed by atoms with Crippen molar-refractivity contribution in [3.8, 4) is 0 Å². The van der Waals surface area contributed by atoms with E-state index in [-0.39, 0.29) is 0 Å². The minimum Gasteiger partial charge on any atom is -0.314 e. The Morgan fingerprint density at radius 1 is 1.36 bits per heavy atom. The van der Waals surface area contributed by atoms with Crippen LogP contribution >= 0.6 is 0 Å². The molecule has 1 unspecified atom stereocenters. The van der Waals surface area contributed by atoms with Crippen molar-refractivity contribution in [2.75, 3.05) is 26.2 Å². The second kappa shape index (κ2) is 7.24. The molecule has 1 N–H and O–H groups in total. The van der Waals surface area contributed by atoms with Crippen molar-refractivity contribution in [1.29, 1.82) is 0 Å². The van der Waals surface area contributed by atoms with E-state index >= 15 is 0 Å². The van der Waals surface area contributed by atoms with E-state index in [1.54, 1.807) is 0 Å². The highest BCUT2D eigenvalue weighted by atomic mass is 15.2. The summed E-state index contributed by atoms with van der Waals surface area (Å²) < 4.78 is 0. The molecule has 1 aliphatic rings. The minimum absolute atomic E-state index is 0.748. The van der Waals surface area contributed by atoms with Gasteiger partial charge in [-0.25, -0.2) is 0 Å². The Labute approximate surface area is 89.1 Å². The average Bonchev–Trinajstić information content (AvgIpc) is 2.25. The van der Waals surface area contributed by atoms with Crippen molar-refractivity contribution < 1.29 is 0 Å². The van der Waals surface area contributed by atoms with E-state index in [1.807, 2.05) is 0 Å². The molecule has 0 amide bonds. The fraction of sp³-hybridized carbons (Fsp3) is 0.917. The normalized spacial score (nSPS) is 24.0. The first-order valence-electron chi connectivity index (χ1n) is 6.12. The highest BCUT2D eigenvalue weighted by Crippen LogP contribution is 2.12. The van der Waals surface area contributed by atoms with Crippen molar-refractivity contribution in [1.82, 2.24) is 10.2 Å². The van der Waals surface area contributed by atoms with Crippen molar-refractivity contribution in [2.24, 2.45) is 0 Å². The van der Waals surface area contributed by atoms with Gasteiger partial charge in [0.2, 0.25) is 0 Å². The maximum Gasteiger partial charge on any atom is 0.0221 e. The molecule has 0 aromatic heterocycles. The maximum atomic E-state index is 4.00. The molecule has 1 aliphatic heterocycles. The summed E-state index contributed by atoms with van der Waals surface area (Å²) in [5.41, 5.74) is 0. The van der Waals surface area contributed by atoms with Crippen LogP contribution in [-0.2, 0) is 0 Å². The first kappa shape index (κ1) is 12.0. The van der Waals surface area contributed by atoms with Crippen molar-refractivity contribution in [3.63, 3.8) is 0 Å². The third kappa shape index (κ3) is 3.97. The molecule has 0 spiro atoms. The number of piperazine rings is 1. The lowest BCUT2D eigenvalue weighted by Crippen LogP contribution is -2.50. The van der Waals surface area contributed by atoms with Gasteiger partial charge in [-0.05, 0) is 19.9 Å². The molecule has 14 heavy (non-hydrogen) atoms. The number of hydrogen-bond acceptors (Lipinski definition) is 2. The zero-order chi connectivity index (χ0) is 10.2. The highest BCUT2D eigenvalue weighted by Gasteiger charge is 2.19. The van der Waals surface area contributed by atoms with E-state index in [4.69, 9.17) is 0 Å². The van der Waals surface area contributed by atoms with Gasteiger partial charge in [-0.15, -0.1) is 0 Å². The van der Waals surface area contributed by atoms with Crippen molar-refractivity contribution in [3.05, 3.63) is 6.92 Å². The molecule has 2 nitrogen and oxygen atoms in total. The number of nitrogens with one attached hydrogen (secondary N) is 1. The van der Waals surface area contributed by atoms with Crippen LogP contribution in [0.1, 0.15) is 39.0 Å². The summed E-state index contributed by atoms with van der Waals surface area (Å²) in [5, 5.41) is 3.47. The summed E-state index contributed by atoms with van der Waals surface area (Å²) in [5.74, 6) is 0. The largest absolute Gasteiger partial charge is 0.314 e. The van der Waals surface area contributed by atoms with Crippen LogP contribution in [0.3, 0.4) is 0 Å². The molecule has 1 rings (SSSR count). The third-order valence-corrected chi connectivity index (χ3v) is 3.15. The molecule has 0 saturated carbocycles. The van der Waals surface area contributed by atoms with Crippen molar-refractivity contribution in [2.45, 2.75) is 45.1 Å². The van der Waals surface area contributed by atoms with E-state index in [9.17, 15) is 0 Å². The van der Waals surface area contributed by atoms with Gasteiger partial charge in [-0.1, -0.05) is 32.6 Å². The number of nitrogens with zero attached hydrogens (tertiary/aromatic N) is 1. The fourth-order valence-electron chi connectivity index (χ4n) is 2.19. The van der Waals surface area contributed by atoms with Gasteiger partial charge in [0.05, 0.1) is 0 Å². The van der Waals surface area contributed by atoms with Crippen LogP contribution in [0, 0.1) is 6.92 Å². The summed E-state index contributed by atoms with van der Waals surface area (Å²) in [6, 6.07) is 0.748. The lowest BCUT2D eigenvalue weighted by Gasteiger charge is -2.35. The van der Waals surface area contributed by atoms with Gasteiger partial charge in [-0.3, -0.25) is 4.90 Å². The van der Waals surface area contributed by atoms with Crippen LogP contribution in [-0.4, -0.2) is 37.1 Å². The quantitative estimate of drug-likeness (QED) is 0.656. The Morgan fingerprint density at radius 2 is 2.21 bits per heavy atom. The molecule has 1 fully saturated rings. The second-order valence-corrected chi connectivity index (χ2v) is 4.24. The van der Waals surface area contributed by atoms with Gasteiger partial charge >= 0.3 is 0 Å². The molecular weight excluding hydrogens is 172 g/mol. The first-order chi connectivity index (χ1) is 6.88. The van der Waals surface area contributed by atoms with E-state index < -0.39 is 0 Å². The van der Waals surface area contributed by atoms with E-state index in [2.05, 4.69) is 24.1 Å². The third-order valence-electron chi connectivity index (χ3n) is 3.15. The van der Waals surface area contributed by atoms with E-state index in [0.717, 1.165) is 19.1 Å². The predicted molar refractivity (Wildman–Crippen MR) is 62.3 cm³/mol. The molecule has 0 aliphatic carbocycles. The Hall–Kier alpha value is -0.0800. The first-order valence-corrected chi connectivity index (χ1v) is 6.12. The van der Waals surface area contributed by atoms with Crippen molar-refractivity contribution >= 4 is 0 Å². The molecule has 0 bridgehead atoms. The van der Waals surface area contributed by atoms with Gasteiger partial charge in [0.25, 0.3) is 0 Å². The van der Waals surface area contributed by atoms with E-state index in [0.29, 0.717) is 0 Å². The topological polar surface area (TPSA) is 15.3 Å². The molecule has 0 aromatic rings. The molecule has 83 valence electrons. The number of rotatable bonds is 6. The Morgan fingerprint density at radius 3 is 2.93 bits per heavy atom. The molecule has 1 saturated heterocycles. The highest BCUT2D eigenvalue weighted by molar-refractivity contribution is 4.79. The van der Waals surface area contributed by atoms with E-state index in [1.165, 1.54) is 45.2 Å². The molecule has 0 aromatic carbocycles. The minimum atomic E-state index is 0.748. The van der Waals surface area contributed by atoms with Crippen LogP contribution in [0.25, 0.3) is 0 Å². The average molecular weight is 197 g/mol. The molecule has 2 heteroatoms. The van der Waals surface area contributed by atoms with Gasteiger partial charge in [0.1, 0.15) is 0 Å². The van der Waals surface area contributed by atoms with Crippen LogP contribution < -0.4 is 5.32 Å². The molecule has 1 radical (unpaired) electrons. The molecule has 1 heterocycles. The number of unbranched alkanes of at least 4 members (excludes halogenated alkanes) is 3. The molecular formula is C12H25N2. The summed E-state index contributed by atoms with van der Waals surface area (Å²) in [6.45, 7) is 10.7. The summed E-state index contributed by atoms with van der Waals surface area (Å²) >= 11 is 0.